The van der Waals surface area contributed by atoms with Crippen LogP contribution in [-0.4, -0.2) is 30.3 Å². The van der Waals surface area contributed by atoms with Gasteiger partial charge in [0.15, 0.2) is 5.03 Å². The molecule has 0 unspecified atom stereocenters. The summed E-state index contributed by atoms with van der Waals surface area (Å²) in [4.78, 5) is 4.05. The molecule has 106 valence electrons. The number of halogens is 1. The third-order valence-electron chi connectivity index (χ3n) is 3.02. The Bertz CT molecular complexity index is 524. The topological polar surface area (TPSA) is 50.3 Å². The molecule has 6 heteroatoms. The number of hydrogen-bond donors (Lipinski definition) is 0. The van der Waals surface area contributed by atoms with E-state index in [2.05, 4.69) is 4.98 Å². The molecule has 0 spiro atoms. The molecule has 1 heterocycles. The van der Waals surface area contributed by atoms with E-state index in [4.69, 9.17) is 11.6 Å². The second kappa shape index (κ2) is 5.77. The average molecular weight is 303 g/mol. The maximum atomic E-state index is 12.6. The zero-order valence-corrected chi connectivity index (χ0v) is 12.8. The minimum Gasteiger partial charge on any atom is -0.243 e. The monoisotopic (exact) mass is 302 g/mol. The number of hydrogen-bond acceptors (Lipinski definition) is 3. The Labute approximate surface area is 119 Å². The lowest BCUT2D eigenvalue weighted by Crippen LogP contribution is -2.36. The first-order valence-electron chi connectivity index (χ1n) is 6.48. The van der Waals surface area contributed by atoms with E-state index in [1.807, 2.05) is 13.8 Å². The molecule has 1 aromatic rings. The molecule has 1 aliphatic carbocycles. The van der Waals surface area contributed by atoms with Gasteiger partial charge in [0, 0.05) is 24.7 Å². The summed E-state index contributed by atoms with van der Waals surface area (Å²) in [7, 11) is -3.48. The molecule has 0 aliphatic heterocycles. The van der Waals surface area contributed by atoms with Crippen molar-refractivity contribution in [2.75, 3.05) is 6.54 Å². The molecule has 0 aromatic carbocycles. The van der Waals surface area contributed by atoms with Crippen LogP contribution in [-0.2, 0) is 15.9 Å². The van der Waals surface area contributed by atoms with Gasteiger partial charge in [-0.05, 0) is 30.4 Å². The largest absolute Gasteiger partial charge is 0.260 e. The second-order valence-corrected chi connectivity index (χ2v) is 7.44. The van der Waals surface area contributed by atoms with E-state index in [-0.39, 0.29) is 11.1 Å². The standard InChI is InChI=1S/C13H19ClN2O2S/c1-10(2)9-16(12-4-5-12)19(17,18)13-6-3-11(7-14)8-15-13/h3,6,8,10,12H,4-5,7,9H2,1-2H3. The molecule has 2 rings (SSSR count). The van der Waals surface area contributed by atoms with Crippen LogP contribution in [0, 0.1) is 5.92 Å². The molecule has 19 heavy (non-hydrogen) atoms. The summed E-state index contributed by atoms with van der Waals surface area (Å²) >= 11 is 5.69. The normalized spacial score (nSPS) is 16.3. The number of rotatable bonds is 6. The molecule has 0 radical (unpaired) electrons. The Morgan fingerprint density at radius 3 is 2.53 bits per heavy atom. The van der Waals surface area contributed by atoms with Gasteiger partial charge in [0.05, 0.1) is 0 Å². The fourth-order valence-electron chi connectivity index (χ4n) is 1.93. The number of nitrogens with zero attached hydrogens (tertiary/aromatic N) is 2. The fraction of sp³-hybridized carbons (Fsp3) is 0.615. The molecule has 0 bridgehead atoms. The lowest BCUT2D eigenvalue weighted by molar-refractivity contribution is 0.359. The number of pyridine rings is 1. The number of aromatic nitrogens is 1. The maximum absolute atomic E-state index is 12.6. The lowest BCUT2D eigenvalue weighted by Gasteiger charge is -2.23. The van der Waals surface area contributed by atoms with E-state index in [1.54, 1.807) is 16.4 Å². The van der Waals surface area contributed by atoms with Crippen molar-refractivity contribution >= 4 is 21.6 Å². The first-order valence-corrected chi connectivity index (χ1v) is 8.45. The highest BCUT2D eigenvalue weighted by Gasteiger charge is 2.38. The minimum atomic E-state index is -3.48. The zero-order valence-electron chi connectivity index (χ0n) is 11.2. The Balaban J connectivity index is 2.27. The van der Waals surface area contributed by atoms with Crippen LogP contribution in [0.25, 0.3) is 0 Å². The van der Waals surface area contributed by atoms with E-state index in [0.717, 1.165) is 18.4 Å². The highest BCUT2D eigenvalue weighted by atomic mass is 35.5. The van der Waals surface area contributed by atoms with Gasteiger partial charge in [0.25, 0.3) is 10.0 Å². The third-order valence-corrected chi connectivity index (χ3v) is 5.17. The van der Waals surface area contributed by atoms with Crippen molar-refractivity contribution in [1.82, 2.24) is 9.29 Å². The van der Waals surface area contributed by atoms with Crippen LogP contribution >= 0.6 is 11.6 Å². The van der Waals surface area contributed by atoms with Gasteiger partial charge in [-0.25, -0.2) is 13.4 Å². The summed E-state index contributed by atoms with van der Waals surface area (Å²) in [5, 5.41) is 0.119. The molecule has 1 aromatic heterocycles. The quantitative estimate of drug-likeness (QED) is 0.759. The van der Waals surface area contributed by atoms with Crippen molar-refractivity contribution < 1.29 is 8.42 Å². The first kappa shape index (κ1) is 14.8. The van der Waals surface area contributed by atoms with Gasteiger partial charge in [-0.1, -0.05) is 19.9 Å². The highest BCUT2D eigenvalue weighted by Crippen LogP contribution is 2.32. The predicted molar refractivity (Wildman–Crippen MR) is 75.5 cm³/mol. The minimum absolute atomic E-state index is 0.119. The van der Waals surface area contributed by atoms with Gasteiger partial charge in [0.2, 0.25) is 0 Å². The van der Waals surface area contributed by atoms with Crippen LogP contribution in [0.15, 0.2) is 23.4 Å². The van der Waals surface area contributed by atoms with Gasteiger partial charge in [0.1, 0.15) is 0 Å². The summed E-state index contributed by atoms with van der Waals surface area (Å²) < 4.78 is 26.8. The van der Waals surface area contributed by atoms with Crippen LogP contribution in [0.5, 0.6) is 0 Å². The molecule has 1 saturated carbocycles. The Hall–Kier alpha value is -0.650. The number of sulfonamides is 1. The molecule has 0 amide bonds. The van der Waals surface area contributed by atoms with Crippen LogP contribution in [0.2, 0.25) is 0 Å². The molecular formula is C13H19ClN2O2S. The van der Waals surface area contributed by atoms with E-state index in [9.17, 15) is 8.42 Å². The Morgan fingerprint density at radius 1 is 1.42 bits per heavy atom. The van der Waals surface area contributed by atoms with Crippen molar-refractivity contribution in [3.8, 4) is 0 Å². The van der Waals surface area contributed by atoms with Crippen molar-refractivity contribution in [1.29, 1.82) is 0 Å². The van der Waals surface area contributed by atoms with Crippen molar-refractivity contribution in [2.24, 2.45) is 5.92 Å². The molecule has 0 N–H and O–H groups in total. The molecule has 0 saturated heterocycles. The lowest BCUT2D eigenvalue weighted by atomic mass is 10.2. The van der Waals surface area contributed by atoms with Gasteiger partial charge >= 0.3 is 0 Å². The fourth-order valence-corrected chi connectivity index (χ4v) is 3.85. The Morgan fingerprint density at radius 2 is 2.11 bits per heavy atom. The SMILES string of the molecule is CC(C)CN(C1CC1)S(=O)(=O)c1ccc(CCl)cn1. The first-order chi connectivity index (χ1) is 8.95. The van der Waals surface area contributed by atoms with E-state index in [0.29, 0.717) is 18.3 Å². The van der Waals surface area contributed by atoms with Crippen molar-refractivity contribution in [3.63, 3.8) is 0 Å². The van der Waals surface area contributed by atoms with Crippen molar-refractivity contribution in [3.05, 3.63) is 23.9 Å². The Kier molecular flexibility index (Phi) is 4.48. The van der Waals surface area contributed by atoms with Gasteiger partial charge in [-0.3, -0.25) is 0 Å². The summed E-state index contributed by atoms with van der Waals surface area (Å²) in [5.41, 5.74) is 0.822. The summed E-state index contributed by atoms with van der Waals surface area (Å²) in [6.07, 6.45) is 3.43. The van der Waals surface area contributed by atoms with Crippen LogP contribution in [0.3, 0.4) is 0 Å². The third kappa shape index (κ3) is 3.46. The van der Waals surface area contributed by atoms with Gasteiger partial charge in [-0.15, -0.1) is 11.6 Å². The number of alkyl halides is 1. The molecular weight excluding hydrogens is 284 g/mol. The maximum Gasteiger partial charge on any atom is 0.260 e. The summed E-state index contributed by atoms with van der Waals surface area (Å²) in [5.74, 6) is 0.642. The van der Waals surface area contributed by atoms with Gasteiger partial charge < -0.3 is 0 Å². The second-order valence-electron chi connectivity index (χ2n) is 5.34. The zero-order chi connectivity index (χ0) is 14.0. The summed E-state index contributed by atoms with van der Waals surface area (Å²) in [6, 6.07) is 3.41. The van der Waals surface area contributed by atoms with E-state index in [1.165, 1.54) is 6.20 Å². The average Bonchev–Trinajstić information content (AvgIpc) is 3.20. The van der Waals surface area contributed by atoms with Crippen LogP contribution in [0.4, 0.5) is 0 Å². The predicted octanol–water partition coefficient (Wildman–Crippen LogP) is 2.63. The van der Waals surface area contributed by atoms with Gasteiger partial charge in [-0.2, -0.15) is 4.31 Å². The van der Waals surface area contributed by atoms with Crippen LogP contribution in [0.1, 0.15) is 32.3 Å². The molecule has 1 aliphatic rings. The molecule has 1 fully saturated rings. The van der Waals surface area contributed by atoms with Crippen molar-refractivity contribution in [2.45, 2.75) is 43.6 Å². The smallest absolute Gasteiger partial charge is 0.243 e. The van der Waals surface area contributed by atoms with E-state index < -0.39 is 10.0 Å². The molecule has 4 nitrogen and oxygen atoms in total. The summed E-state index contributed by atoms with van der Waals surface area (Å²) in [6.45, 7) is 4.59. The highest BCUT2D eigenvalue weighted by molar-refractivity contribution is 7.89. The molecule has 0 atom stereocenters. The van der Waals surface area contributed by atoms with E-state index >= 15 is 0 Å². The van der Waals surface area contributed by atoms with Crippen LogP contribution < -0.4 is 0 Å².